The lowest BCUT2D eigenvalue weighted by Crippen LogP contribution is -2.31. The van der Waals surface area contributed by atoms with Crippen LogP contribution in [0.25, 0.3) is 0 Å². The zero-order valence-corrected chi connectivity index (χ0v) is 13.2. The third kappa shape index (κ3) is 3.43. The van der Waals surface area contributed by atoms with Gasteiger partial charge in [0.15, 0.2) is 0 Å². The van der Waals surface area contributed by atoms with Gasteiger partial charge in [-0.1, -0.05) is 32.4 Å². The van der Waals surface area contributed by atoms with Crippen molar-refractivity contribution in [1.82, 2.24) is 9.97 Å². The van der Waals surface area contributed by atoms with E-state index in [-0.39, 0.29) is 0 Å². The van der Waals surface area contributed by atoms with Crippen LogP contribution in [0.2, 0.25) is 5.02 Å². The molecule has 1 saturated carbocycles. The third-order valence-corrected chi connectivity index (χ3v) is 4.58. The SMILES string of the molecule is C#Cc1ncnc(N[C@H]2CC[C@@H](C(C)(C)C)CC2)c1Cl. The van der Waals surface area contributed by atoms with Crippen LogP contribution in [0.15, 0.2) is 6.33 Å². The summed E-state index contributed by atoms with van der Waals surface area (Å²) in [6, 6.07) is 0.423. The van der Waals surface area contributed by atoms with Gasteiger partial charge in [-0.25, -0.2) is 9.97 Å². The molecule has 0 bridgehead atoms. The van der Waals surface area contributed by atoms with Crippen molar-refractivity contribution in [1.29, 1.82) is 0 Å². The van der Waals surface area contributed by atoms with E-state index in [1.165, 1.54) is 19.2 Å². The van der Waals surface area contributed by atoms with Gasteiger partial charge in [0.05, 0.1) is 0 Å². The lowest BCUT2D eigenvalue weighted by atomic mass is 9.71. The molecule has 1 aromatic rings. The molecule has 1 aliphatic carbocycles. The highest BCUT2D eigenvalue weighted by molar-refractivity contribution is 6.33. The van der Waals surface area contributed by atoms with Crippen molar-refractivity contribution in [2.45, 2.75) is 52.5 Å². The Morgan fingerprint density at radius 3 is 2.45 bits per heavy atom. The molecule has 0 atom stereocenters. The fourth-order valence-corrected chi connectivity index (χ4v) is 3.07. The highest BCUT2D eigenvalue weighted by atomic mass is 35.5. The Morgan fingerprint density at radius 1 is 1.25 bits per heavy atom. The Balaban J connectivity index is 1.99. The first-order valence-electron chi connectivity index (χ1n) is 7.15. The minimum atomic E-state index is 0.397. The summed E-state index contributed by atoms with van der Waals surface area (Å²) in [5.74, 6) is 3.93. The summed E-state index contributed by atoms with van der Waals surface area (Å²) < 4.78 is 0. The zero-order chi connectivity index (χ0) is 14.8. The summed E-state index contributed by atoms with van der Waals surface area (Å²) in [5, 5.41) is 3.87. The van der Waals surface area contributed by atoms with Gasteiger partial charge in [0, 0.05) is 6.04 Å². The van der Waals surface area contributed by atoms with E-state index in [0.717, 1.165) is 18.8 Å². The van der Waals surface area contributed by atoms with E-state index in [4.69, 9.17) is 18.0 Å². The van der Waals surface area contributed by atoms with E-state index >= 15 is 0 Å². The average molecular weight is 292 g/mol. The van der Waals surface area contributed by atoms with Crippen LogP contribution in [-0.2, 0) is 0 Å². The molecule has 20 heavy (non-hydrogen) atoms. The first-order valence-corrected chi connectivity index (χ1v) is 7.53. The summed E-state index contributed by atoms with van der Waals surface area (Å²) in [6.07, 6.45) is 11.6. The summed E-state index contributed by atoms with van der Waals surface area (Å²) in [6.45, 7) is 6.98. The molecule has 0 aromatic carbocycles. The number of hydrogen-bond donors (Lipinski definition) is 1. The number of nitrogens with one attached hydrogen (secondary N) is 1. The van der Waals surface area contributed by atoms with E-state index in [2.05, 4.69) is 42.0 Å². The highest BCUT2D eigenvalue weighted by Gasteiger charge is 2.30. The van der Waals surface area contributed by atoms with E-state index < -0.39 is 0 Å². The monoisotopic (exact) mass is 291 g/mol. The van der Waals surface area contributed by atoms with Crippen molar-refractivity contribution in [2.24, 2.45) is 11.3 Å². The highest BCUT2D eigenvalue weighted by Crippen LogP contribution is 2.38. The minimum Gasteiger partial charge on any atom is -0.366 e. The van der Waals surface area contributed by atoms with E-state index in [0.29, 0.717) is 28.0 Å². The van der Waals surface area contributed by atoms with Gasteiger partial charge >= 0.3 is 0 Å². The molecule has 1 fully saturated rings. The maximum absolute atomic E-state index is 6.20. The van der Waals surface area contributed by atoms with Gasteiger partial charge in [-0.15, -0.1) is 6.42 Å². The van der Waals surface area contributed by atoms with Crippen molar-refractivity contribution >= 4 is 17.4 Å². The van der Waals surface area contributed by atoms with Gasteiger partial charge in [-0.3, -0.25) is 0 Å². The standard InChI is InChI=1S/C16H22ClN3/c1-5-13-14(17)15(19-10-18-13)20-12-8-6-11(7-9-12)16(2,3)4/h1,10-12H,6-9H2,2-4H3,(H,18,19,20)/t11-,12+. The second-order valence-corrected chi connectivity index (χ2v) is 6.97. The Bertz CT molecular complexity index is 505. The number of terminal acetylenes is 1. The van der Waals surface area contributed by atoms with Gasteiger partial charge < -0.3 is 5.32 Å². The Morgan fingerprint density at radius 2 is 1.90 bits per heavy atom. The molecule has 0 spiro atoms. The van der Waals surface area contributed by atoms with Crippen molar-refractivity contribution in [3.8, 4) is 12.3 Å². The van der Waals surface area contributed by atoms with E-state index in [9.17, 15) is 0 Å². The van der Waals surface area contributed by atoms with Crippen molar-refractivity contribution in [2.75, 3.05) is 5.32 Å². The number of hydrogen-bond acceptors (Lipinski definition) is 3. The summed E-state index contributed by atoms with van der Waals surface area (Å²) >= 11 is 6.20. The van der Waals surface area contributed by atoms with Crippen molar-refractivity contribution in [3.63, 3.8) is 0 Å². The van der Waals surface area contributed by atoms with Gasteiger partial charge in [0.25, 0.3) is 0 Å². The maximum Gasteiger partial charge on any atom is 0.149 e. The van der Waals surface area contributed by atoms with Crippen LogP contribution in [0.3, 0.4) is 0 Å². The zero-order valence-electron chi connectivity index (χ0n) is 12.4. The molecule has 1 aliphatic rings. The summed E-state index contributed by atoms with van der Waals surface area (Å²) in [7, 11) is 0. The first kappa shape index (κ1) is 15.1. The molecule has 0 aliphatic heterocycles. The second kappa shape index (κ2) is 6.01. The summed E-state index contributed by atoms with van der Waals surface area (Å²) in [4.78, 5) is 8.17. The Labute approximate surface area is 126 Å². The van der Waals surface area contributed by atoms with Gasteiger partial charge in [-0.05, 0) is 42.9 Å². The smallest absolute Gasteiger partial charge is 0.149 e. The maximum atomic E-state index is 6.20. The number of rotatable bonds is 2. The minimum absolute atomic E-state index is 0.397. The summed E-state index contributed by atoms with van der Waals surface area (Å²) in [5.41, 5.74) is 0.848. The number of aromatic nitrogens is 2. The van der Waals surface area contributed by atoms with E-state index in [1.807, 2.05) is 0 Å². The quantitative estimate of drug-likeness (QED) is 0.833. The third-order valence-electron chi connectivity index (χ3n) is 4.22. The normalized spacial score (nSPS) is 23.1. The fourth-order valence-electron chi connectivity index (χ4n) is 2.87. The number of halogens is 1. The predicted octanol–water partition coefficient (Wildman–Crippen LogP) is 4.13. The molecule has 3 nitrogen and oxygen atoms in total. The van der Waals surface area contributed by atoms with Crippen LogP contribution in [-0.4, -0.2) is 16.0 Å². The predicted molar refractivity (Wildman–Crippen MR) is 83.8 cm³/mol. The largest absolute Gasteiger partial charge is 0.366 e. The Kier molecular flexibility index (Phi) is 4.55. The van der Waals surface area contributed by atoms with Crippen LogP contribution in [0.5, 0.6) is 0 Å². The average Bonchev–Trinajstić information content (AvgIpc) is 2.41. The molecule has 2 rings (SSSR count). The topological polar surface area (TPSA) is 37.8 Å². The first-order chi connectivity index (χ1) is 9.41. The molecule has 108 valence electrons. The molecule has 0 amide bonds. The fraction of sp³-hybridized carbons (Fsp3) is 0.625. The van der Waals surface area contributed by atoms with Crippen molar-refractivity contribution < 1.29 is 0 Å². The molecule has 0 unspecified atom stereocenters. The lowest BCUT2D eigenvalue weighted by Gasteiger charge is -2.37. The lowest BCUT2D eigenvalue weighted by molar-refractivity contribution is 0.173. The molecule has 1 aromatic heterocycles. The molecule has 1 heterocycles. The molecule has 0 radical (unpaired) electrons. The van der Waals surface area contributed by atoms with Gasteiger partial charge in [0.1, 0.15) is 22.9 Å². The van der Waals surface area contributed by atoms with Crippen LogP contribution < -0.4 is 5.32 Å². The number of nitrogens with zero attached hydrogens (tertiary/aromatic N) is 2. The van der Waals surface area contributed by atoms with Crippen LogP contribution in [0.1, 0.15) is 52.1 Å². The second-order valence-electron chi connectivity index (χ2n) is 6.59. The van der Waals surface area contributed by atoms with Gasteiger partial charge in [-0.2, -0.15) is 0 Å². The van der Waals surface area contributed by atoms with Gasteiger partial charge in [0.2, 0.25) is 0 Å². The number of anilines is 1. The molecular weight excluding hydrogens is 270 g/mol. The van der Waals surface area contributed by atoms with Crippen molar-refractivity contribution in [3.05, 3.63) is 17.0 Å². The Hall–Kier alpha value is -1.27. The molecule has 1 N–H and O–H groups in total. The van der Waals surface area contributed by atoms with Crippen LogP contribution >= 0.6 is 11.6 Å². The molecule has 4 heteroatoms. The molecule has 0 saturated heterocycles. The van der Waals surface area contributed by atoms with E-state index in [1.54, 1.807) is 0 Å². The molecular formula is C16H22ClN3. The van der Waals surface area contributed by atoms with Crippen LogP contribution in [0.4, 0.5) is 5.82 Å². The van der Waals surface area contributed by atoms with Crippen LogP contribution in [0, 0.1) is 23.7 Å².